The van der Waals surface area contributed by atoms with Crippen molar-refractivity contribution in [3.8, 4) is 11.3 Å². The van der Waals surface area contributed by atoms with E-state index >= 15 is 0 Å². The molecule has 0 saturated carbocycles. The molecule has 1 aliphatic rings. The minimum absolute atomic E-state index is 0.706. The lowest BCUT2D eigenvalue weighted by Crippen LogP contribution is -2.33. The van der Waals surface area contributed by atoms with Crippen molar-refractivity contribution in [2.75, 3.05) is 25.1 Å². The van der Waals surface area contributed by atoms with Gasteiger partial charge in [-0.25, -0.2) is 4.98 Å². The second kappa shape index (κ2) is 8.08. The summed E-state index contributed by atoms with van der Waals surface area (Å²) >= 11 is 8.86. The number of thioether (sulfide) groups is 2. The zero-order valence-corrected chi connectivity index (χ0v) is 15.5. The Kier molecular flexibility index (Phi) is 5.85. The van der Waals surface area contributed by atoms with Crippen LogP contribution in [0.3, 0.4) is 0 Å². The highest BCUT2D eigenvalue weighted by atomic mass is 32.2. The Labute approximate surface area is 150 Å². The molecule has 0 aliphatic carbocycles. The number of thiocarbonyl (C=S) groups is 1. The summed E-state index contributed by atoms with van der Waals surface area (Å²) in [5.74, 6) is 3.13. The minimum Gasteiger partial charge on any atom is -0.366 e. The summed E-state index contributed by atoms with van der Waals surface area (Å²) in [6.45, 7) is 1.94. The molecule has 0 unspecified atom stereocenters. The number of benzene rings is 1. The maximum atomic E-state index is 5.09. The number of hydrogen-bond acceptors (Lipinski definition) is 4. The van der Waals surface area contributed by atoms with Gasteiger partial charge >= 0.3 is 0 Å². The highest BCUT2D eigenvalue weighted by Gasteiger charge is 2.22. The highest BCUT2D eigenvalue weighted by molar-refractivity contribution is 7.99. The highest BCUT2D eigenvalue weighted by Crippen LogP contribution is 2.34. The number of nitrogens with zero attached hydrogens (tertiary/aromatic N) is 2. The van der Waals surface area contributed by atoms with Gasteiger partial charge in [-0.2, -0.15) is 11.8 Å². The van der Waals surface area contributed by atoms with Crippen LogP contribution in [0.2, 0.25) is 0 Å². The standard InChI is InChI=1S/C16H20N4S3/c1-17-15(21)18-7-9-22-11-13-14(12-5-3-2-4-6-12)19-16-20(13)8-10-23-16/h2-6H,7-11H2,1H3,(H2,17,18,21). The van der Waals surface area contributed by atoms with Gasteiger partial charge in [-0.05, 0) is 12.2 Å². The predicted octanol–water partition coefficient (Wildman–Crippen LogP) is 2.98. The third-order valence-corrected chi connectivity index (χ3v) is 5.90. The molecule has 2 aromatic rings. The molecule has 0 fully saturated rings. The van der Waals surface area contributed by atoms with Crippen LogP contribution in [0.25, 0.3) is 11.3 Å². The fraction of sp³-hybridized carbons (Fsp3) is 0.375. The number of nitrogens with one attached hydrogen (secondary N) is 2. The molecular formula is C16H20N4S3. The van der Waals surface area contributed by atoms with Crippen LogP contribution in [0.15, 0.2) is 35.5 Å². The van der Waals surface area contributed by atoms with Gasteiger partial charge in [0.2, 0.25) is 0 Å². The largest absolute Gasteiger partial charge is 0.366 e. The summed E-state index contributed by atoms with van der Waals surface area (Å²) in [7, 11) is 1.84. The van der Waals surface area contributed by atoms with E-state index in [-0.39, 0.29) is 0 Å². The van der Waals surface area contributed by atoms with Crippen molar-refractivity contribution < 1.29 is 0 Å². The summed E-state index contributed by atoms with van der Waals surface area (Å²) in [6, 6.07) is 10.5. The van der Waals surface area contributed by atoms with Crippen LogP contribution < -0.4 is 10.6 Å². The Balaban J connectivity index is 1.67. The van der Waals surface area contributed by atoms with E-state index in [0.717, 1.165) is 41.2 Å². The molecule has 3 rings (SSSR count). The Morgan fingerprint density at radius 1 is 1.39 bits per heavy atom. The first-order chi connectivity index (χ1) is 11.3. The first kappa shape index (κ1) is 16.7. The summed E-state index contributed by atoms with van der Waals surface area (Å²) in [5, 5.41) is 7.98. The molecular weight excluding hydrogens is 344 g/mol. The fourth-order valence-electron chi connectivity index (χ4n) is 2.50. The van der Waals surface area contributed by atoms with Crippen LogP contribution in [0.5, 0.6) is 0 Å². The average molecular weight is 365 g/mol. The van der Waals surface area contributed by atoms with Gasteiger partial charge in [0, 0.05) is 43.0 Å². The fourth-order valence-corrected chi connectivity index (χ4v) is 4.45. The van der Waals surface area contributed by atoms with Crippen molar-refractivity contribution in [1.29, 1.82) is 0 Å². The molecule has 0 amide bonds. The molecule has 23 heavy (non-hydrogen) atoms. The first-order valence-corrected chi connectivity index (χ1v) is 10.2. The van der Waals surface area contributed by atoms with E-state index in [2.05, 4.69) is 39.5 Å². The number of imidazole rings is 1. The maximum absolute atomic E-state index is 5.09. The van der Waals surface area contributed by atoms with Gasteiger partial charge in [-0.1, -0.05) is 42.1 Å². The van der Waals surface area contributed by atoms with Gasteiger partial charge in [0.05, 0.1) is 11.4 Å². The van der Waals surface area contributed by atoms with Gasteiger partial charge in [0.15, 0.2) is 10.3 Å². The van der Waals surface area contributed by atoms with Gasteiger partial charge < -0.3 is 15.2 Å². The Bertz CT molecular complexity index is 669. The van der Waals surface area contributed by atoms with Crippen LogP contribution in [-0.4, -0.2) is 39.8 Å². The van der Waals surface area contributed by atoms with Crippen LogP contribution in [0.4, 0.5) is 0 Å². The number of hydrogen-bond donors (Lipinski definition) is 2. The number of fused-ring (bicyclic) bond motifs is 1. The van der Waals surface area contributed by atoms with E-state index < -0.39 is 0 Å². The lowest BCUT2D eigenvalue weighted by molar-refractivity contribution is 0.695. The zero-order chi connectivity index (χ0) is 16.1. The molecule has 0 spiro atoms. The van der Waals surface area contributed by atoms with E-state index in [0.29, 0.717) is 5.11 Å². The van der Waals surface area contributed by atoms with E-state index in [9.17, 15) is 0 Å². The van der Waals surface area contributed by atoms with Crippen molar-refractivity contribution >= 4 is 40.9 Å². The summed E-state index contributed by atoms with van der Waals surface area (Å²) in [6.07, 6.45) is 0. The lowest BCUT2D eigenvalue weighted by Gasteiger charge is -2.09. The molecule has 1 aromatic heterocycles. The predicted molar refractivity (Wildman–Crippen MR) is 104 cm³/mol. The van der Waals surface area contributed by atoms with E-state index in [1.807, 2.05) is 36.6 Å². The molecule has 7 heteroatoms. The van der Waals surface area contributed by atoms with E-state index in [4.69, 9.17) is 17.2 Å². The molecule has 1 aromatic carbocycles. The third-order valence-electron chi connectivity index (χ3n) is 3.63. The van der Waals surface area contributed by atoms with Crippen molar-refractivity contribution in [1.82, 2.24) is 20.2 Å². The first-order valence-electron chi connectivity index (χ1n) is 7.60. The summed E-state index contributed by atoms with van der Waals surface area (Å²) < 4.78 is 2.38. The molecule has 4 nitrogen and oxygen atoms in total. The molecule has 2 N–H and O–H groups in total. The Morgan fingerprint density at radius 2 is 2.22 bits per heavy atom. The van der Waals surface area contributed by atoms with Crippen molar-refractivity contribution in [3.05, 3.63) is 36.0 Å². The summed E-state index contributed by atoms with van der Waals surface area (Å²) in [4.78, 5) is 4.87. The molecule has 2 heterocycles. The lowest BCUT2D eigenvalue weighted by atomic mass is 10.1. The molecule has 0 atom stereocenters. The minimum atomic E-state index is 0.706. The Morgan fingerprint density at radius 3 is 3.00 bits per heavy atom. The normalized spacial score (nSPS) is 12.9. The van der Waals surface area contributed by atoms with Crippen molar-refractivity contribution in [2.24, 2.45) is 0 Å². The van der Waals surface area contributed by atoms with Gasteiger partial charge in [0.25, 0.3) is 0 Å². The zero-order valence-electron chi connectivity index (χ0n) is 13.0. The van der Waals surface area contributed by atoms with Crippen LogP contribution in [-0.2, 0) is 12.3 Å². The third kappa shape index (κ3) is 4.02. The van der Waals surface area contributed by atoms with E-state index in [1.54, 1.807) is 0 Å². The molecule has 0 saturated heterocycles. The van der Waals surface area contributed by atoms with Crippen LogP contribution in [0.1, 0.15) is 5.69 Å². The molecule has 1 aliphatic heterocycles. The quantitative estimate of drug-likeness (QED) is 0.607. The van der Waals surface area contributed by atoms with Gasteiger partial charge in [0.1, 0.15) is 0 Å². The molecule has 122 valence electrons. The van der Waals surface area contributed by atoms with Crippen LogP contribution in [0, 0.1) is 0 Å². The molecule has 0 radical (unpaired) electrons. The monoisotopic (exact) mass is 364 g/mol. The number of rotatable bonds is 6. The van der Waals surface area contributed by atoms with Crippen molar-refractivity contribution in [3.63, 3.8) is 0 Å². The second-order valence-corrected chi connectivity index (χ2v) is 7.69. The van der Waals surface area contributed by atoms with Crippen molar-refractivity contribution in [2.45, 2.75) is 17.5 Å². The van der Waals surface area contributed by atoms with Gasteiger partial charge in [-0.15, -0.1) is 0 Å². The smallest absolute Gasteiger partial charge is 0.168 e. The second-order valence-electron chi connectivity index (χ2n) is 5.11. The maximum Gasteiger partial charge on any atom is 0.168 e. The van der Waals surface area contributed by atoms with E-state index in [1.165, 1.54) is 11.3 Å². The average Bonchev–Trinajstić information content (AvgIpc) is 3.17. The SMILES string of the molecule is CNC(=S)NCCSCc1c(-c2ccccc2)nc2n1CCS2. The topological polar surface area (TPSA) is 41.9 Å². The van der Waals surface area contributed by atoms with Crippen LogP contribution >= 0.6 is 35.7 Å². The summed E-state index contributed by atoms with van der Waals surface area (Å²) in [5.41, 5.74) is 3.69. The van der Waals surface area contributed by atoms with Gasteiger partial charge in [-0.3, -0.25) is 0 Å². The Hall–Kier alpha value is -1.18. The number of aromatic nitrogens is 2. The molecule has 0 bridgehead atoms.